The molecule has 134 valence electrons. The molecule has 0 aliphatic carbocycles. The number of nitrogens with zero attached hydrogens (tertiary/aromatic N) is 2. The molecule has 26 heavy (non-hydrogen) atoms. The summed E-state index contributed by atoms with van der Waals surface area (Å²) < 4.78 is 1.66. The molecule has 3 rings (SSSR count). The maximum Gasteiger partial charge on any atom is 0.173 e. The van der Waals surface area contributed by atoms with E-state index < -0.39 is 0 Å². The molecule has 0 fully saturated rings. The number of halogens is 3. The van der Waals surface area contributed by atoms with Crippen molar-refractivity contribution in [1.82, 2.24) is 15.1 Å². The van der Waals surface area contributed by atoms with Gasteiger partial charge in [0.2, 0.25) is 0 Å². The van der Waals surface area contributed by atoms with Crippen molar-refractivity contribution < 1.29 is 0 Å². The van der Waals surface area contributed by atoms with E-state index in [0.717, 1.165) is 11.1 Å². The Morgan fingerprint density at radius 3 is 2.35 bits per heavy atom. The topological polar surface area (TPSA) is 41.9 Å². The maximum absolute atomic E-state index is 6.25. The molecule has 0 saturated carbocycles. The highest BCUT2D eigenvalue weighted by Crippen LogP contribution is 2.26. The van der Waals surface area contributed by atoms with Gasteiger partial charge in [0.05, 0.1) is 6.54 Å². The molecule has 0 aliphatic rings. The SMILES string of the molecule is S=C(NCc1ccccc1)Nc1nn(Cc2c(Cl)cccc2Cl)cc1Cl. The largest absolute Gasteiger partial charge is 0.358 e. The first-order valence-corrected chi connectivity index (χ1v) is 9.32. The highest BCUT2D eigenvalue weighted by molar-refractivity contribution is 7.80. The molecule has 2 N–H and O–H groups in total. The lowest BCUT2D eigenvalue weighted by molar-refractivity contribution is 0.690. The molecule has 0 spiro atoms. The number of thiocarbonyl (C=S) groups is 1. The zero-order valence-electron chi connectivity index (χ0n) is 13.5. The first-order valence-electron chi connectivity index (χ1n) is 7.77. The Morgan fingerprint density at radius 2 is 1.65 bits per heavy atom. The molecular formula is C18H15Cl3N4S. The van der Waals surface area contributed by atoms with Gasteiger partial charge in [0.15, 0.2) is 10.9 Å². The highest BCUT2D eigenvalue weighted by atomic mass is 35.5. The van der Waals surface area contributed by atoms with Crippen LogP contribution >= 0.6 is 47.0 Å². The summed E-state index contributed by atoms with van der Waals surface area (Å²) in [6.07, 6.45) is 1.70. The normalized spacial score (nSPS) is 10.6. The molecule has 0 atom stereocenters. The third kappa shape index (κ3) is 4.89. The number of aromatic nitrogens is 2. The van der Waals surface area contributed by atoms with Crippen molar-refractivity contribution in [3.8, 4) is 0 Å². The van der Waals surface area contributed by atoms with Crippen LogP contribution < -0.4 is 10.6 Å². The van der Waals surface area contributed by atoms with Crippen molar-refractivity contribution in [2.75, 3.05) is 5.32 Å². The summed E-state index contributed by atoms with van der Waals surface area (Å²) >= 11 is 24.0. The summed E-state index contributed by atoms with van der Waals surface area (Å²) in [5.41, 5.74) is 1.91. The Bertz CT molecular complexity index is 892. The number of hydrogen-bond acceptors (Lipinski definition) is 2. The Balaban J connectivity index is 1.63. The van der Waals surface area contributed by atoms with Gasteiger partial charge in [0, 0.05) is 28.4 Å². The molecule has 0 amide bonds. The van der Waals surface area contributed by atoms with Gasteiger partial charge < -0.3 is 10.6 Å². The van der Waals surface area contributed by atoms with Crippen LogP contribution in [0, 0.1) is 0 Å². The molecule has 0 aliphatic heterocycles. The van der Waals surface area contributed by atoms with Gasteiger partial charge in [0.1, 0.15) is 5.02 Å². The van der Waals surface area contributed by atoms with Crippen LogP contribution in [0.4, 0.5) is 5.82 Å². The van der Waals surface area contributed by atoms with E-state index in [0.29, 0.717) is 39.1 Å². The Morgan fingerprint density at radius 1 is 0.962 bits per heavy atom. The minimum absolute atomic E-state index is 0.407. The zero-order chi connectivity index (χ0) is 18.5. The number of rotatable bonds is 5. The minimum Gasteiger partial charge on any atom is -0.358 e. The average molecular weight is 426 g/mol. The van der Waals surface area contributed by atoms with Gasteiger partial charge in [-0.05, 0) is 29.9 Å². The summed E-state index contributed by atoms with van der Waals surface area (Å²) in [6, 6.07) is 15.3. The first kappa shape index (κ1) is 19.0. The predicted octanol–water partition coefficient (Wildman–Crippen LogP) is 5.38. The monoisotopic (exact) mass is 424 g/mol. The Kier molecular flexibility index (Phi) is 6.38. The van der Waals surface area contributed by atoms with Crippen LogP contribution in [0.2, 0.25) is 15.1 Å². The molecule has 0 unspecified atom stereocenters. The van der Waals surface area contributed by atoms with Crippen LogP contribution in [0.25, 0.3) is 0 Å². The number of benzene rings is 2. The lowest BCUT2D eigenvalue weighted by Gasteiger charge is -2.09. The van der Waals surface area contributed by atoms with Crippen molar-refractivity contribution in [3.05, 3.63) is 80.9 Å². The molecule has 0 bridgehead atoms. The van der Waals surface area contributed by atoms with Gasteiger partial charge in [-0.2, -0.15) is 5.10 Å². The predicted molar refractivity (Wildman–Crippen MR) is 112 cm³/mol. The van der Waals surface area contributed by atoms with E-state index in [1.54, 1.807) is 29.1 Å². The average Bonchev–Trinajstić information content (AvgIpc) is 2.97. The van der Waals surface area contributed by atoms with E-state index in [-0.39, 0.29) is 0 Å². The van der Waals surface area contributed by atoms with Crippen molar-refractivity contribution in [2.45, 2.75) is 13.1 Å². The van der Waals surface area contributed by atoms with Crippen LogP contribution in [0.1, 0.15) is 11.1 Å². The van der Waals surface area contributed by atoms with E-state index in [9.17, 15) is 0 Å². The standard InChI is InChI=1S/C18H15Cl3N4S/c19-14-7-4-8-15(20)13(14)10-25-11-16(21)17(24-25)23-18(26)22-9-12-5-2-1-3-6-12/h1-8,11H,9-10H2,(H2,22,23,24,26). The third-order valence-corrected chi connectivity index (χ3v) is 4.86. The van der Waals surface area contributed by atoms with Gasteiger partial charge in [-0.3, -0.25) is 4.68 Å². The maximum atomic E-state index is 6.25. The number of nitrogens with one attached hydrogen (secondary N) is 2. The minimum atomic E-state index is 0.407. The van der Waals surface area contributed by atoms with E-state index in [1.165, 1.54) is 0 Å². The van der Waals surface area contributed by atoms with E-state index in [4.69, 9.17) is 47.0 Å². The van der Waals surface area contributed by atoms with E-state index >= 15 is 0 Å². The lowest BCUT2D eigenvalue weighted by atomic mass is 10.2. The van der Waals surface area contributed by atoms with E-state index in [1.807, 2.05) is 30.3 Å². The fraction of sp³-hybridized carbons (Fsp3) is 0.111. The third-order valence-electron chi connectivity index (χ3n) is 3.63. The summed E-state index contributed by atoms with van der Waals surface area (Å²) in [4.78, 5) is 0. The first-order chi connectivity index (χ1) is 12.5. The summed E-state index contributed by atoms with van der Waals surface area (Å²) in [7, 11) is 0. The van der Waals surface area contributed by atoms with Gasteiger partial charge >= 0.3 is 0 Å². The van der Waals surface area contributed by atoms with Crippen LogP contribution in [0.3, 0.4) is 0 Å². The van der Waals surface area contributed by atoms with E-state index in [2.05, 4.69) is 15.7 Å². The Hall–Kier alpha value is -1.79. The molecule has 0 saturated heterocycles. The molecule has 0 radical (unpaired) electrons. The second kappa shape index (κ2) is 8.73. The van der Waals surface area contributed by atoms with Gasteiger partial charge in [0.25, 0.3) is 0 Å². The van der Waals surface area contributed by atoms with Crippen molar-refractivity contribution in [2.24, 2.45) is 0 Å². The summed E-state index contributed by atoms with van der Waals surface area (Å²) in [5, 5.41) is 12.6. The van der Waals surface area contributed by atoms with Crippen LogP contribution in [0.5, 0.6) is 0 Å². The highest BCUT2D eigenvalue weighted by Gasteiger charge is 2.12. The molecule has 3 aromatic rings. The van der Waals surface area contributed by atoms with Crippen molar-refractivity contribution in [1.29, 1.82) is 0 Å². The summed E-state index contributed by atoms with van der Waals surface area (Å²) in [6.45, 7) is 1.02. The number of hydrogen-bond donors (Lipinski definition) is 2. The molecular weight excluding hydrogens is 411 g/mol. The zero-order valence-corrected chi connectivity index (χ0v) is 16.6. The molecule has 1 heterocycles. The summed E-state index contributed by atoms with van der Waals surface area (Å²) in [5.74, 6) is 0.473. The van der Waals surface area contributed by atoms with Gasteiger partial charge in [-0.1, -0.05) is 71.2 Å². The molecule has 2 aromatic carbocycles. The molecule has 8 heteroatoms. The van der Waals surface area contributed by atoms with Crippen LogP contribution in [0.15, 0.2) is 54.7 Å². The fourth-order valence-electron chi connectivity index (χ4n) is 2.34. The smallest absolute Gasteiger partial charge is 0.173 e. The lowest BCUT2D eigenvalue weighted by Crippen LogP contribution is -2.28. The van der Waals surface area contributed by atoms with Gasteiger partial charge in [-0.15, -0.1) is 0 Å². The second-order valence-electron chi connectivity index (χ2n) is 5.52. The molecule has 1 aromatic heterocycles. The van der Waals surface area contributed by atoms with Gasteiger partial charge in [-0.25, -0.2) is 0 Å². The second-order valence-corrected chi connectivity index (χ2v) is 7.15. The number of anilines is 1. The van der Waals surface area contributed by atoms with Crippen molar-refractivity contribution in [3.63, 3.8) is 0 Å². The quantitative estimate of drug-likeness (QED) is 0.539. The van der Waals surface area contributed by atoms with Crippen molar-refractivity contribution >= 4 is 58.0 Å². The molecule has 4 nitrogen and oxygen atoms in total. The fourth-order valence-corrected chi connectivity index (χ4v) is 3.22. The van der Waals surface area contributed by atoms with Crippen LogP contribution in [-0.2, 0) is 13.1 Å². The van der Waals surface area contributed by atoms with Crippen LogP contribution in [-0.4, -0.2) is 14.9 Å². The Labute approximate surface area is 172 Å².